The van der Waals surface area contributed by atoms with Crippen LogP contribution >= 0.6 is 79.7 Å². The Bertz CT molecular complexity index is 3220. The van der Waals surface area contributed by atoms with Gasteiger partial charge in [-0.2, -0.15) is 17.5 Å². The van der Waals surface area contributed by atoms with Crippen molar-refractivity contribution in [3.05, 3.63) is 58.3 Å². The SMILES string of the molecule is CCCCCCc1cc2c(s1)c1sc(-c3ccc(-c4c5c(c(-c6ccc(-c7cc8c(s7)c7sc(CCCCCC)cc7n8CCCCCC)s6)c6nsnc46)N=S=N5)s3)cc1n2CCCCCC. The van der Waals surface area contributed by atoms with Crippen LogP contribution in [-0.4, -0.2) is 17.9 Å². The molecule has 354 valence electrons. The average molecular weight is 1050 g/mol. The van der Waals surface area contributed by atoms with Gasteiger partial charge in [0.15, 0.2) is 0 Å². The van der Waals surface area contributed by atoms with Gasteiger partial charge in [0.05, 0.1) is 63.9 Å². The number of unbranched alkanes of at least 4 members (excludes halogenated alkanes) is 12. The first-order chi connectivity index (χ1) is 33.6. The highest BCUT2D eigenvalue weighted by atomic mass is 32.1. The predicted molar refractivity (Wildman–Crippen MR) is 308 cm³/mol. The molecular weight excluding hydrogens is 989 g/mol. The summed E-state index contributed by atoms with van der Waals surface area (Å²) in [7, 11) is 0. The van der Waals surface area contributed by atoms with Gasteiger partial charge in [-0.25, -0.2) is 0 Å². The number of thiophene rings is 6. The maximum absolute atomic E-state index is 5.01. The Hall–Kier alpha value is -3.34. The molecule has 1 aromatic carbocycles. The molecule has 0 atom stereocenters. The highest BCUT2D eigenvalue weighted by Crippen LogP contribution is 2.56. The van der Waals surface area contributed by atoms with Crippen molar-refractivity contribution in [2.75, 3.05) is 0 Å². The van der Waals surface area contributed by atoms with Gasteiger partial charge < -0.3 is 9.13 Å². The second-order valence-electron chi connectivity index (χ2n) is 18.6. The summed E-state index contributed by atoms with van der Waals surface area (Å²) in [6.07, 6.45) is 23.0. The highest BCUT2D eigenvalue weighted by Gasteiger charge is 2.29. The van der Waals surface area contributed by atoms with Crippen molar-refractivity contribution in [3.8, 4) is 40.4 Å². The summed E-state index contributed by atoms with van der Waals surface area (Å²) >= 11 is 14.3. The van der Waals surface area contributed by atoms with E-state index in [0.717, 1.165) is 46.6 Å². The molecule has 1 aliphatic rings. The molecular formula is C54H60N6S8. The van der Waals surface area contributed by atoms with E-state index in [0.29, 0.717) is 0 Å². The number of benzene rings is 1. The summed E-state index contributed by atoms with van der Waals surface area (Å²) in [5, 5.41) is 0. The third kappa shape index (κ3) is 9.00. The van der Waals surface area contributed by atoms with Crippen LogP contribution in [0.4, 0.5) is 11.4 Å². The molecule has 0 radical (unpaired) electrons. The summed E-state index contributed by atoms with van der Waals surface area (Å²) in [4.78, 5) is 10.7. The average Bonchev–Trinajstić information content (AvgIpc) is 4.19. The van der Waals surface area contributed by atoms with Gasteiger partial charge in [-0.05, 0) is 87.1 Å². The minimum Gasteiger partial charge on any atom is -0.339 e. The number of hydrogen-bond donors (Lipinski definition) is 0. The topological polar surface area (TPSA) is 60.4 Å². The molecule has 0 bridgehead atoms. The second kappa shape index (κ2) is 21.2. The van der Waals surface area contributed by atoms with Gasteiger partial charge in [0.25, 0.3) is 0 Å². The molecule has 14 heteroatoms. The number of aromatic nitrogens is 4. The van der Waals surface area contributed by atoms with Gasteiger partial charge in [-0.1, -0.05) is 105 Å². The monoisotopic (exact) mass is 1050 g/mol. The van der Waals surface area contributed by atoms with E-state index in [9.17, 15) is 0 Å². The number of nitrogens with zero attached hydrogens (tertiary/aromatic N) is 6. The van der Waals surface area contributed by atoms with Gasteiger partial charge in [0.2, 0.25) is 0 Å². The Kier molecular flexibility index (Phi) is 14.6. The molecule has 0 amide bonds. The number of aryl methyl sites for hydroxylation is 4. The van der Waals surface area contributed by atoms with Crippen LogP contribution in [0, 0.1) is 0 Å². The molecule has 10 heterocycles. The first-order valence-electron chi connectivity index (χ1n) is 25.3. The van der Waals surface area contributed by atoms with Crippen LogP contribution in [0.15, 0.2) is 57.3 Å². The lowest BCUT2D eigenvalue weighted by molar-refractivity contribution is 0.602. The summed E-state index contributed by atoms with van der Waals surface area (Å²) < 4.78 is 31.2. The van der Waals surface area contributed by atoms with Crippen molar-refractivity contribution in [1.82, 2.24) is 17.9 Å². The lowest BCUT2D eigenvalue weighted by Gasteiger charge is -2.09. The van der Waals surface area contributed by atoms with Gasteiger partial charge in [0, 0.05) is 63.2 Å². The Morgan fingerprint density at radius 1 is 0.397 bits per heavy atom. The van der Waals surface area contributed by atoms with E-state index in [2.05, 4.69) is 85.4 Å². The van der Waals surface area contributed by atoms with Gasteiger partial charge in [-0.15, -0.1) is 68.0 Å². The van der Waals surface area contributed by atoms with E-state index in [-0.39, 0.29) is 0 Å². The Morgan fingerprint density at radius 3 is 1.24 bits per heavy atom. The van der Waals surface area contributed by atoms with Crippen LogP contribution in [0.1, 0.15) is 140 Å². The zero-order chi connectivity index (χ0) is 46.1. The molecule has 0 unspecified atom stereocenters. The van der Waals surface area contributed by atoms with Crippen LogP contribution < -0.4 is 0 Å². The van der Waals surface area contributed by atoms with Crippen molar-refractivity contribution in [2.24, 2.45) is 8.73 Å². The molecule has 0 saturated heterocycles. The largest absolute Gasteiger partial charge is 0.339 e. The molecule has 0 fully saturated rings. The molecule has 0 saturated carbocycles. The van der Waals surface area contributed by atoms with Gasteiger partial charge in [0.1, 0.15) is 22.4 Å². The van der Waals surface area contributed by atoms with Crippen LogP contribution in [0.3, 0.4) is 0 Å². The predicted octanol–water partition coefficient (Wildman–Crippen LogP) is 21.1. The van der Waals surface area contributed by atoms with Crippen LogP contribution in [0.2, 0.25) is 0 Å². The van der Waals surface area contributed by atoms with Crippen molar-refractivity contribution in [1.29, 1.82) is 0 Å². The molecule has 10 aromatic rings. The van der Waals surface area contributed by atoms with E-state index in [4.69, 9.17) is 17.5 Å². The van der Waals surface area contributed by atoms with E-state index in [1.165, 1.54) is 209 Å². The quantitative estimate of drug-likeness (QED) is 0.0566. The maximum Gasteiger partial charge on any atom is 0.116 e. The highest BCUT2D eigenvalue weighted by molar-refractivity contribution is 7.58. The fourth-order valence-corrected chi connectivity index (χ4v) is 18.5. The Morgan fingerprint density at radius 2 is 0.794 bits per heavy atom. The first kappa shape index (κ1) is 47.0. The van der Waals surface area contributed by atoms with Crippen molar-refractivity contribution in [3.63, 3.8) is 0 Å². The minimum absolute atomic E-state index is 0.930. The Balaban J connectivity index is 0.912. The third-order valence-electron chi connectivity index (χ3n) is 13.7. The van der Waals surface area contributed by atoms with Crippen molar-refractivity contribution in [2.45, 2.75) is 156 Å². The third-order valence-corrected chi connectivity index (χ3v) is 22.3. The molecule has 6 nitrogen and oxygen atoms in total. The molecule has 68 heavy (non-hydrogen) atoms. The second-order valence-corrected chi connectivity index (χ2v) is 26.2. The van der Waals surface area contributed by atoms with Crippen molar-refractivity contribution < 1.29 is 0 Å². The molecule has 11 rings (SSSR count). The van der Waals surface area contributed by atoms with E-state index < -0.39 is 0 Å². The number of hydrogen-bond acceptors (Lipinski definition) is 11. The lowest BCUT2D eigenvalue weighted by Crippen LogP contribution is -1.96. The van der Waals surface area contributed by atoms with E-state index >= 15 is 0 Å². The molecule has 0 N–H and O–H groups in total. The number of rotatable bonds is 24. The van der Waals surface area contributed by atoms with Gasteiger partial charge in [-0.3, -0.25) is 0 Å². The van der Waals surface area contributed by atoms with Crippen LogP contribution in [-0.2, 0) is 37.3 Å². The summed E-state index contributed by atoms with van der Waals surface area (Å²) in [5.74, 6) is 0. The number of fused-ring (bicyclic) bond motifs is 8. The molecule has 9 aromatic heterocycles. The standard InChI is InChI=1S/C54H60N6S8/c1-5-9-13-17-21-33-29-35-51(61-33)53-37(59(35)27-19-15-11-7-3)31-43(65-53)39-23-25-41(63-39)45-47-49(57-67-55-47)46(50-48(45)56-68-58-50)42-26-24-40(64-42)44-32-38-54(66-44)52-36(60(38)28-20-16-12-8-4)30-34(62-52)22-18-14-10-6-2/h23-26,29-32H,5-22,27-28H2,1-4H3. The fraction of sp³-hybridized carbons (Fsp3) is 0.444. The minimum atomic E-state index is 0.930. The summed E-state index contributed by atoms with van der Waals surface area (Å²) in [6, 6.07) is 19.2. The zero-order valence-corrected chi connectivity index (χ0v) is 46.2. The van der Waals surface area contributed by atoms with Crippen molar-refractivity contribution >= 4 is 154 Å². The normalized spacial score (nSPS) is 12.8. The lowest BCUT2D eigenvalue weighted by atomic mass is 10.0. The summed E-state index contributed by atoms with van der Waals surface area (Å²) in [6.45, 7) is 11.4. The maximum atomic E-state index is 5.01. The van der Waals surface area contributed by atoms with Gasteiger partial charge >= 0.3 is 0 Å². The zero-order valence-electron chi connectivity index (χ0n) is 39.7. The Labute approximate surface area is 432 Å². The van der Waals surface area contributed by atoms with Crippen LogP contribution in [0.5, 0.6) is 0 Å². The fourth-order valence-electron chi connectivity index (χ4n) is 10.1. The van der Waals surface area contributed by atoms with E-state index in [1.807, 2.05) is 68.0 Å². The molecule has 0 aliphatic carbocycles. The molecule has 0 spiro atoms. The first-order valence-corrected chi connectivity index (χ1v) is 31.6. The van der Waals surface area contributed by atoms with E-state index in [1.54, 1.807) is 9.75 Å². The summed E-state index contributed by atoms with van der Waals surface area (Å²) in [5.41, 5.74) is 11.5. The molecule has 1 aliphatic heterocycles. The van der Waals surface area contributed by atoms with Crippen LogP contribution in [0.25, 0.3) is 92.3 Å². The smallest absolute Gasteiger partial charge is 0.116 e.